The number of nitrogens with one attached hydrogen (secondary N) is 1. The zero-order valence-electron chi connectivity index (χ0n) is 10.5. The predicted molar refractivity (Wildman–Crippen MR) is 66.6 cm³/mol. The van der Waals surface area contributed by atoms with Crippen LogP contribution in [0.3, 0.4) is 0 Å². The SMILES string of the molecule is CCc1cc(CC)n(CC2CCCCN2)n1. The molecule has 3 heteroatoms. The van der Waals surface area contributed by atoms with E-state index >= 15 is 0 Å². The van der Waals surface area contributed by atoms with Crippen LogP contribution in [0.4, 0.5) is 0 Å². The summed E-state index contributed by atoms with van der Waals surface area (Å²) in [7, 11) is 0. The Balaban J connectivity index is 2.03. The van der Waals surface area contributed by atoms with E-state index in [4.69, 9.17) is 0 Å². The average Bonchev–Trinajstić information content (AvgIpc) is 2.73. The molecule has 1 aliphatic heterocycles. The monoisotopic (exact) mass is 221 g/mol. The molecule has 1 atom stereocenters. The summed E-state index contributed by atoms with van der Waals surface area (Å²) >= 11 is 0. The number of hydrogen-bond donors (Lipinski definition) is 1. The molecule has 1 aromatic rings. The maximum atomic E-state index is 4.67. The molecule has 2 heterocycles. The Hall–Kier alpha value is -0.830. The van der Waals surface area contributed by atoms with E-state index in [-0.39, 0.29) is 0 Å². The average molecular weight is 221 g/mol. The normalized spacial score (nSPS) is 21.2. The van der Waals surface area contributed by atoms with Gasteiger partial charge in [-0.05, 0) is 38.3 Å². The molecule has 0 spiro atoms. The van der Waals surface area contributed by atoms with Crippen molar-refractivity contribution in [2.45, 2.75) is 58.5 Å². The van der Waals surface area contributed by atoms with Crippen molar-refractivity contribution in [1.82, 2.24) is 15.1 Å². The highest BCUT2D eigenvalue weighted by Crippen LogP contribution is 2.12. The van der Waals surface area contributed by atoms with Crippen LogP contribution in [0.1, 0.15) is 44.5 Å². The van der Waals surface area contributed by atoms with Gasteiger partial charge in [0, 0.05) is 11.7 Å². The predicted octanol–water partition coefficient (Wildman–Crippen LogP) is 2.15. The molecule has 1 aliphatic rings. The van der Waals surface area contributed by atoms with Gasteiger partial charge in [0.2, 0.25) is 0 Å². The summed E-state index contributed by atoms with van der Waals surface area (Å²) in [6.45, 7) is 6.60. The highest BCUT2D eigenvalue weighted by Gasteiger charge is 2.15. The van der Waals surface area contributed by atoms with Crippen LogP contribution in [0, 0.1) is 0 Å². The van der Waals surface area contributed by atoms with Gasteiger partial charge in [-0.1, -0.05) is 20.3 Å². The lowest BCUT2D eigenvalue weighted by Gasteiger charge is -2.24. The second-order valence-electron chi connectivity index (χ2n) is 4.66. The van der Waals surface area contributed by atoms with Gasteiger partial charge in [-0.3, -0.25) is 4.68 Å². The molecule has 0 aromatic carbocycles. The van der Waals surface area contributed by atoms with Crippen LogP contribution in [-0.4, -0.2) is 22.4 Å². The van der Waals surface area contributed by atoms with Crippen LogP contribution in [0.2, 0.25) is 0 Å². The zero-order valence-corrected chi connectivity index (χ0v) is 10.5. The fourth-order valence-corrected chi connectivity index (χ4v) is 2.42. The molecular weight excluding hydrogens is 198 g/mol. The van der Waals surface area contributed by atoms with Crippen molar-refractivity contribution >= 4 is 0 Å². The second kappa shape index (κ2) is 5.48. The first-order valence-electron chi connectivity index (χ1n) is 6.62. The van der Waals surface area contributed by atoms with E-state index in [2.05, 4.69) is 35.0 Å². The molecule has 1 aromatic heterocycles. The number of nitrogens with zero attached hydrogens (tertiary/aromatic N) is 2. The Morgan fingerprint density at radius 2 is 2.25 bits per heavy atom. The third kappa shape index (κ3) is 2.64. The minimum Gasteiger partial charge on any atom is -0.312 e. The molecule has 1 N–H and O–H groups in total. The van der Waals surface area contributed by atoms with Crippen molar-refractivity contribution < 1.29 is 0 Å². The molecule has 2 rings (SSSR count). The summed E-state index contributed by atoms with van der Waals surface area (Å²) in [6.07, 6.45) is 6.11. The van der Waals surface area contributed by atoms with Crippen molar-refractivity contribution in [1.29, 1.82) is 0 Å². The molecule has 0 bridgehead atoms. The molecule has 0 radical (unpaired) electrons. The Morgan fingerprint density at radius 3 is 2.88 bits per heavy atom. The van der Waals surface area contributed by atoms with E-state index in [0.29, 0.717) is 6.04 Å². The quantitative estimate of drug-likeness (QED) is 0.844. The maximum absolute atomic E-state index is 4.67. The summed E-state index contributed by atoms with van der Waals surface area (Å²) in [6, 6.07) is 2.88. The Kier molecular flexibility index (Phi) is 3.99. The number of hydrogen-bond acceptors (Lipinski definition) is 2. The molecule has 0 aliphatic carbocycles. The van der Waals surface area contributed by atoms with E-state index in [1.54, 1.807) is 0 Å². The lowest BCUT2D eigenvalue weighted by atomic mass is 10.1. The Bertz CT molecular complexity index is 324. The van der Waals surface area contributed by atoms with Crippen LogP contribution in [-0.2, 0) is 19.4 Å². The minimum absolute atomic E-state index is 0.628. The van der Waals surface area contributed by atoms with E-state index in [1.165, 1.54) is 37.2 Å². The molecule has 90 valence electrons. The van der Waals surface area contributed by atoms with Gasteiger partial charge in [-0.25, -0.2) is 0 Å². The van der Waals surface area contributed by atoms with Gasteiger partial charge in [-0.2, -0.15) is 5.10 Å². The third-order valence-corrected chi connectivity index (χ3v) is 3.44. The largest absolute Gasteiger partial charge is 0.312 e. The van der Waals surface area contributed by atoms with Crippen LogP contribution < -0.4 is 5.32 Å². The first-order valence-corrected chi connectivity index (χ1v) is 6.62. The molecule has 0 saturated carbocycles. The zero-order chi connectivity index (χ0) is 11.4. The lowest BCUT2D eigenvalue weighted by molar-refractivity contribution is 0.346. The topological polar surface area (TPSA) is 29.9 Å². The summed E-state index contributed by atoms with van der Waals surface area (Å²) in [5.41, 5.74) is 2.61. The minimum atomic E-state index is 0.628. The van der Waals surface area contributed by atoms with Crippen LogP contribution in [0.5, 0.6) is 0 Å². The van der Waals surface area contributed by atoms with Gasteiger partial charge in [-0.15, -0.1) is 0 Å². The highest BCUT2D eigenvalue weighted by molar-refractivity contribution is 5.10. The first kappa shape index (κ1) is 11.6. The fraction of sp³-hybridized carbons (Fsp3) is 0.769. The summed E-state index contributed by atoms with van der Waals surface area (Å²) in [5.74, 6) is 0. The number of piperidine rings is 1. The second-order valence-corrected chi connectivity index (χ2v) is 4.66. The van der Waals surface area contributed by atoms with E-state index in [0.717, 1.165) is 19.4 Å². The number of aromatic nitrogens is 2. The standard InChI is InChI=1S/C13H23N3/c1-3-11-9-13(4-2)16(15-11)10-12-7-5-6-8-14-12/h9,12,14H,3-8,10H2,1-2H3. The lowest BCUT2D eigenvalue weighted by Crippen LogP contribution is -2.37. The van der Waals surface area contributed by atoms with Crippen LogP contribution in [0.25, 0.3) is 0 Å². The highest BCUT2D eigenvalue weighted by atomic mass is 15.3. The third-order valence-electron chi connectivity index (χ3n) is 3.44. The van der Waals surface area contributed by atoms with Crippen molar-refractivity contribution in [2.75, 3.05) is 6.54 Å². The van der Waals surface area contributed by atoms with Gasteiger partial charge >= 0.3 is 0 Å². The Morgan fingerprint density at radius 1 is 1.38 bits per heavy atom. The Labute approximate surface area is 98.2 Å². The summed E-state index contributed by atoms with van der Waals surface area (Å²) in [5, 5.41) is 8.26. The van der Waals surface area contributed by atoms with E-state index in [9.17, 15) is 0 Å². The van der Waals surface area contributed by atoms with Crippen molar-refractivity contribution in [3.05, 3.63) is 17.5 Å². The smallest absolute Gasteiger partial charge is 0.0624 e. The molecule has 3 nitrogen and oxygen atoms in total. The van der Waals surface area contributed by atoms with E-state index in [1.807, 2.05) is 0 Å². The number of rotatable bonds is 4. The maximum Gasteiger partial charge on any atom is 0.0624 e. The molecule has 1 fully saturated rings. The van der Waals surface area contributed by atoms with Gasteiger partial charge in [0.05, 0.1) is 12.2 Å². The van der Waals surface area contributed by atoms with Gasteiger partial charge in [0.25, 0.3) is 0 Å². The van der Waals surface area contributed by atoms with E-state index < -0.39 is 0 Å². The summed E-state index contributed by atoms with van der Waals surface area (Å²) in [4.78, 5) is 0. The molecule has 1 saturated heterocycles. The molecule has 0 amide bonds. The summed E-state index contributed by atoms with van der Waals surface area (Å²) < 4.78 is 2.21. The van der Waals surface area contributed by atoms with Crippen molar-refractivity contribution in [3.63, 3.8) is 0 Å². The van der Waals surface area contributed by atoms with Gasteiger partial charge in [0.15, 0.2) is 0 Å². The molecule has 16 heavy (non-hydrogen) atoms. The van der Waals surface area contributed by atoms with Crippen molar-refractivity contribution in [3.8, 4) is 0 Å². The van der Waals surface area contributed by atoms with Crippen LogP contribution >= 0.6 is 0 Å². The first-order chi connectivity index (χ1) is 7.83. The molecule has 1 unspecified atom stereocenters. The fourth-order valence-electron chi connectivity index (χ4n) is 2.42. The molecular formula is C13H23N3. The number of aryl methyl sites for hydroxylation is 2. The van der Waals surface area contributed by atoms with Crippen molar-refractivity contribution in [2.24, 2.45) is 0 Å². The van der Waals surface area contributed by atoms with Gasteiger partial charge in [0.1, 0.15) is 0 Å². The van der Waals surface area contributed by atoms with Gasteiger partial charge < -0.3 is 5.32 Å². The van der Waals surface area contributed by atoms with Crippen LogP contribution in [0.15, 0.2) is 6.07 Å².